The minimum atomic E-state index is -3.25. The van der Waals surface area contributed by atoms with Gasteiger partial charge in [0.1, 0.15) is 17.1 Å². The summed E-state index contributed by atoms with van der Waals surface area (Å²) in [6.45, 7) is 9.38. The lowest BCUT2D eigenvalue weighted by Crippen LogP contribution is -2.50. The zero-order valence-corrected chi connectivity index (χ0v) is 23.8. The number of sulfonamides is 1. The SMILES string of the molecule is CCC(C)N1CC(C)(C)Oc2c(F)cc(-c3nc(Cc4ccc5c(c4)CCN(S(C)(=O)=O)C5)ncc3F)cc21. The summed E-state index contributed by atoms with van der Waals surface area (Å²) in [5.41, 5.74) is 3.39. The second-order valence-corrected chi connectivity index (χ2v) is 13.1. The highest BCUT2D eigenvalue weighted by molar-refractivity contribution is 7.88. The van der Waals surface area contributed by atoms with Crippen LogP contribution in [0.25, 0.3) is 11.3 Å². The highest BCUT2D eigenvalue weighted by Crippen LogP contribution is 2.43. The molecule has 0 bridgehead atoms. The van der Waals surface area contributed by atoms with Gasteiger partial charge in [-0.1, -0.05) is 25.1 Å². The van der Waals surface area contributed by atoms with Crippen molar-refractivity contribution in [1.29, 1.82) is 0 Å². The molecule has 3 aromatic rings. The normalized spacial score (nSPS) is 17.8. The summed E-state index contributed by atoms with van der Waals surface area (Å²) < 4.78 is 61.7. The number of nitrogens with zero attached hydrogens (tertiary/aromatic N) is 4. The van der Waals surface area contributed by atoms with Crippen LogP contribution >= 0.6 is 0 Å². The van der Waals surface area contributed by atoms with Crippen molar-refractivity contribution >= 4 is 15.7 Å². The molecule has 0 saturated heterocycles. The maximum absolute atomic E-state index is 15.4. The average Bonchev–Trinajstić information content (AvgIpc) is 2.88. The van der Waals surface area contributed by atoms with Gasteiger partial charge in [-0.15, -0.1) is 0 Å². The molecule has 2 aliphatic rings. The molecule has 1 aromatic heterocycles. The molecule has 0 amide bonds. The fourth-order valence-corrected chi connectivity index (χ4v) is 6.09. The van der Waals surface area contributed by atoms with Gasteiger partial charge >= 0.3 is 0 Å². The monoisotopic (exact) mass is 556 g/mol. The lowest BCUT2D eigenvalue weighted by atomic mass is 9.97. The van der Waals surface area contributed by atoms with Crippen LogP contribution in [0.4, 0.5) is 14.5 Å². The topological polar surface area (TPSA) is 75.6 Å². The van der Waals surface area contributed by atoms with Gasteiger partial charge in [-0.2, -0.15) is 4.31 Å². The molecule has 2 aliphatic heterocycles. The largest absolute Gasteiger partial charge is 0.481 e. The van der Waals surface area contributed by atoms with Crippen molar-refractivity contribution in [2.75, 3.05) is 24.2 Å². The van der Waals surface area contributed by atoms with E-state index in [1.807, 2.05) is 32.0 Å². The Balaban J connectivity index is 1.45. The number of aromatic nitrogens is 2. The van der Waals surface area contributed by atoms with Crippen LogP contribution in [0.1, 0.15) is 56.6 Å². The molecule has 39 heavy (non-hydrogen) atoms. The first kappa shape index (κ1) is 27.5. The zero-order chi connectivity index (χ0) is 28.1. The van der Waals surface area contributed by atoms with Gasteiger partial charge in [0.25, 0.3) is 0 Å². The van der Waals surface area contributed by atoms with E-state index in [-0.39, 0.29) is 17.5 Å². The molecule has 7 nitrogen and oxygen atoms in total. The molecule has 0 fully saturated rings. The molecule has 1 unspecified atom stereocenters. The Labute approximate surface area is 228 Å². The Kier molecular flexibility index (Phi) is 7.13. The second-order valence-electron chi connectivity index (χ2n) is 11.2. The van der Waals surface area contributed by atoms with E-state index in [1.54, 1.807) is 6.07 Å². The van der Waals surface area contributed by atoms with E-state index < -0.39 is 27.3 Å². The van der Waals surface area contributed by atoms with Crippen molar-refractivity contribution in [3.63, 3.8) is 0 Å². The van der Waals surface area contributed by atoms with Gasteiger partial charge in [0.2, 0.25) is 10.0 Å². The third-order valence-corrected chi connectivity index (χ3v) is 8.78. The Hall–Kier alpha value is -3.11. The minimum absolute atomic E-state index is 0.0392. The third kappa shape index (κ3) is 5.63. The summed E-state index contributed by atoms with van der Waals surface area (Å²) in [5.74, 6) is -0.597. The molecule has 5 rings (SSSR count). The number of halogens is 2. The van der Waals surface area contributed by atoms with Crippen LogP contribution in [0, 0.1) is 11.6 Å². The number of rotatable bonds is 6. The summed E-state index contributed by atoms with van der Waals surface area (Å²) in [4.78, 5) is 10.8. The van der Waals surface area contributed by atoms with Crippen LogP contribution < -0.4 is 9.64 Å². The van der Waals surface area contributed by atoms with Crippen LogP contribution in [0.5, 0.6) is 5.75 Å². The molecule has 10 heteroatoms. The fraction of sp³-hybridized carbons (Fsp3) is 0.448. The molecule has 0 aliphatic carbocycles. The second kappa shape index (κ2) is 10.1. The lowest BCUT2D eigenvalue weighted by molar-refractivity contribution is 0.0960. The van der Waals surface area contributed by atoms with Crippen LogP contribution in [-0.4, -0.2) is 53.7 Å². The molecule has 1 atom stereocenters. The highest BCUT2D eigenvalue weighted by Gasteiger charge is 2.36. The van der Waals surface area contributed by atoms with Gasteiger partial charge in [0.05, 0.1) is 24.7 Å². The van der Waals surface area contributed by atoms with Gasteiger partial charge in [-0.25, -0.2) is 27.2 Å². The van der Waals surface area contributed by atoms with Crippen molar-refractivity contribution in [2.45, 2.75) is 65.1 Å². The van der Waals surface area contributed by atoms with Crippen molar-refractivity contribution in [2.24, 2.45) is 0 Å². The van der Waals surface area contributed by atoms with E-state index in [4.69, 9.17) is 4.74 Å². The predicted octanol–water partition coefficient (Wildman–Crippen LogP) is 5.11. The van der Waals surface area contributed by atoms with Gasteiger partial charge in [0, 0.05) is 31.1 Å². The summed E-state index contributed by atoms with van der Waals surface area (Å²) in [7, 11) is -3.25. The molecular weight excluding hydrogens is 522 g/mol. The van der Waals surface area contributed by atoms with E-state index in [2.05, 4.69) is 28.7 Å². The van der Waals surface area contributed by atoms with Crippen LogP contribution in [-0.2, 0) is 29.4 Å². The molecule has 208 valence electrons. The average molecular weight is 557 g/mol. The third-order valence-electron chi connectivity index (χ3n) is 7.53. The molecule has 0 N–H and O–H groups in total. The Bertz CT molecular complexity index is 1530. The van der Waals surface area contributed by atoms with Crippen LogP contribution in [0.2, 0.25) is 0 Å². The lowest BCUT2D eigenvalue weighted by Gasteiger charge is -2.44. The molecule has 2 aromatic carbocycles. The first-order chi connectivity index (χ1) is 18.3. The first-order valence-corrected chi connectivity index (χ1v) is 15.1. The van der Waals surface area contributed by atoms with E-state index in [0.29, 0.717) is 49.6 Å². The Morgan fingerprint density at radius 1 is 1.13 bits per heavy atom. The summed E-state index contributed by atoms with van der Waals surface area (Å²) in [6, 6.07) is 9.04. The van der Waals surface area contributed by atoms with E-state index >= 15 is 8.78 Å². The quantitative estimate of drug-likeness (QED) is 0.420. The van der Waals surface area contributed by atoms with Crippen molar-refractivity contribution < 1.29 is 21.9 Å². The predicted molar refractivity (Wildman–Crippen MR) is 147 cm³/mol. The number of anilines is 1. The molecule has 0 saturated carbocycles. The first-order valence-electron chi connectivity index (χ1n) is 13.2. The van der Waals surface area contributed by atoms with E-state index in [9.17, 15) is 8.42 Å². The number of fused-ring (bicyclic) bond motifs is 2. The van der Waals surface area contributed by atoms with Gasteiger partial charge in [0.15, 0.2) is 17.4 Å². The van der Waals surface area contributed by atoms with Gasteiger partial charge in [-0.3, -0.25) is 0 Å². The minimum Gasteiger partial charge on any atom is -0.481 e. The number of ether oxygens (including phenoxy) is 1. The Morgan fingerprint density at radius 3 is 2.62 bits per heavy atom. The van der Waals surface area contributed by atoms with Crippen molar-refractivity contribution in [3.8, 4) is 17.0 Å². The maximum atomic E-state index is 15.4. The van der Waals surface area contributed by atoms with Crippen molar-refractivity contribution in [1.82, 2.24) is 14.3 Å². The van der Waals surface area contributed by atoms with Gasteiger partial charge in [-0.05, 0) is 62.4 Å². The highest BCUT2D eigenvalue weighted by atomic mass is 32.2. The van der Waals surface area contributed by atoms with E-state index in [1.165, 1.54) is 16.6 Å². The number of hydrogen-bond donors (Lipinski definition) is 0. The standard InChI is InChI=1S/C29H34F2N4O3S/c1-6-18(2)35-17-29(3,4)38-28-23(30)13-22(14-25(28)35)27-24(31)15-32-26(33-27)12-19-7-8-21-16-34(39(5,36)37)10-9-20(21)11-19/h7-8,11,13-15,18H,6,9-10,12,16-17H2,1-5H3. The maximum Gasteiger partial charge on any atom is 0.211 e. The molecule has 3 heterocycles. The number of benzene rings is 2. The fourth-order valence-electron chi connectivity index (χ4n) is 5.29. The van der Waals surface area contributed by atoms with Gasteiger partial charge < -0.3 is 9.64 Å². The van der Waals surface area contributed by atoms with Crippen molar-refractivity contribution in [3.05, 3.63) is 70.7 Å². The summed E-state index contributed by atoms with van der Waals surface area (Å²) in [6.07, 6.45) is 4.19. The summed E-state index contributed by atoms with van der Waals surface area (Å²) in [5, 5.41) is 0. The number of hydrogen-bond acceptors (Lipinski definition) is 6. The molecular formula is C29H34F2N4O3S. The molecule has 0 spiro atoms. The van der Waals surface area contributed by atoms with E-state index in [0.717, 1.165) is 29.3 Å². The Morgan fingerprint density at radius 2 is 1.90 bits per heavy atom. The zero-order valence-electron chi connectivity index (χ0n) is 23.0. The molecule has 0 radical (unpaired) electrons. The van der Waals surface area contributed by atoms with Crippen LogP contribution in [0.15, 0.2) is 36.5 Å². The smallest absolute Gasteiger partial charge is 0.211 e. The summed E-state index contributed by atoms with van der Waals surface area (Å²) >= 11 is 0. The van der Waals surface area contributed by atoms with Crippen LogP contribution in [0.3, 0.4) is 0 Å².